The second kappa shape index (κ2) is 6.78. The van der Waals surface area contributed by atoms with Gasteiger partial charge in [-0.2, -0.15) is 0 Å². The van der Waals surface area contributed by atoms with Gasteiger partial charge in [0.25, 0.3) is 0 Å². The Labute approximate surface area is 119 Å². The molecule has 4 heteroatoms. The molecule has 1 aliphatic heterocycles. The number of amides is 1. The third-order valence-electron chi connectivity index (χ3n) is 3.20. The van der Waals surface area contributed by atoms with E-state index in [9.17, 15) is 4.79 Å². The number of nitrogens with one attached hydrogen (secondary N) is 2. The summed E-state index contributed by atoms with van der Waals surface area (Å²) >= 11 is 0. The molecule has 0 spiro atoms. The fraction of sp³-hybridized carbons (Fsp3) is 0.312. The maximum absolute atomic E-state index is 11.2. The van der Waals surface area contributed by atoms with Gasteiger partial charge in [-0.15, -0.1) is 6.42 Å². The maximum atomic E-state index is 11.2. The molecular formula is C16H18N2O2. The Kier molecular flexibility index (Phi) is 4.80. The van der Waals surface area contributed by atoms with Crippen LogP contribution in [-0.4, -0.2) is 18.6 Å². The van der Waals surface area contributed by atoms with Crippen LogP contribution in [0.2, 0.25) is 0 Å². The SMILES string of the molecule is C#CCOc1ccc(/C=C/C2NNC(=O)CC2C)cc1. The van der Waals surface area contributed by atoms with Crippen LogP contribution < -0.4 is 15.6 Å². The summed E-state index contributed by atoms with van der Waals surface area (Å²) in [6, 6.07) is 7.85. The van der Waals surface area contributed by atoms with Gasteiger partial charge in [0.1, 0.15) is 12.4 Å². The molecule has 1 saturated heterocycles. The molecule has 2 rings (SSSR count). The predicted octanol–water partition coefficient (Wildman–Crippen LogP) is 1.74. The largest absolute Gasteiger partial charge is 0.481 e. The number of hydrazine groups is 1. The lowest BCUT2D eigenvalue weighted by atomic mass is 9.96. The van der Waals surface area contributed by atoms with Crippen LogP contribution >= 0.6 is 0 Å². The molecule has 1 amide bonds. The highest BCUT2D eigenvalue weighted by atomic mass is 16.5. The van der Waals surface area contributed by atoms with Crippen molar-refractivity contribution in [2.45, 2.75) is 19.4 Å². The number of carbonyl (C=O) groups excluding carboxylic acids is 1. The summed E-state index contributed by atoms with van der Waals surface area (Å²) in [5, 5.41) is 0. The van der Waals surface area contributed by atoms with E-state index in [1.165, 1.54) is 0 Å². The standard InChI is InChI=1S/C16H18N2O2/c1-3-10-20-14-7-4-13(5-8-14)6-9-15-12(2)11-16(19)18-17-15/h1,4-9,12,15,17H,10-11H2,2H3,(H,18,19)/b9-6+. The van der Waals surface area contributed by atoms with Gasteiger partial charge in [-0.3, -0.25) is 10.2 Å². The Morgan fingerprint density at radius 3 is 2.85 bits per heavy atom. The lowest BCUT2D eigenvalue weighted by Gasteiger charge is -2.27. The molecule has 2 N–H and O–H groups in total. The first-order chi connectivity index (χ1) is 9.69. The third kappa shape index (κ3) is 3.87. The fourth-order valence-corrected chi connectivity index (χ4v) is 2.03. The van der Waals surface area contributed by atoms with Crippen LogP contribution in [0, 0.1) is 18.3 Å². The molecule has 0 radical (unpaired) electrons. The normalized spacial score (nSPS) is 22.3. The number of carbonyl (C=O) groups is 1. The van der Waals surface area contributed by atoms with Crippen molar-refractivity contribution in [1.29, 1.82) is 0 Å². The predicted molar refractivity (Wildman–Crippen MR) is 78.7 cm³/mol. The molecule has 104 valence electrons. The second-order valence-electron chi connectivity index (χ2n) is 4.82. The first kappa shape index (κ1) is 14.2. The van der Waals surface area contributed by atoms with Gasteiger partial charge >= 0.3 is 0 Å². The molecule has 0 bridgehead atoms. The number of terminal acetylenes is 1. The highest BCUT2D eigenvalue weighted by Crippen LogP contribution is 2.16. The van der Waals surface area contributed by atoms with E-state index in [1.807, 2.05) is 30.3 Å². The van der Waals surface area contributed by atoms with E-state index >= 15 is 0 Å². The first-order valence-corrected chi connectivity index (χ1v) is 6.58. The van der Waals surface area contributed by atoms with Gasteiger partial charge in [0, 0.05) is 12.5 Å². The number of hydrogen-bond donors (Lipinski definition) is 2. The molecule has 20 heavy (non-hydrogen) atoms. The summed E-state index contributed by atoms with van der Waals surface area (Å²) < 4.78 is 5.31. The van der Waals surface area contributed by atoms with Crippen molar-refractivity contribution >= 4 is 12.0 Å². The first-order valence-electron chi connectivity index (χ1n) is 6.58. The molecule has 1 aromatic rings. The maximum Gasteiger partial charge on any atom is 0.234 e. The van der Waals surface area contributed by atoms with Crippen molar-refractivity contribution in [3.05, 3.63) is 35.9 Å². The molecule has 2 unspecified atom stereocenters. The Morgan fingerprint density at radius 2 is 2.20 bits per heavy atom. The molecule has 2 atom stereocenters. The lowest BCUT2D eigenvalue weighted by molar-refractivity contribution is -0.125. The van der Waals surface area contributed by atoms with Crippen LogP contribution in [0.25, 0.3) is 6.08 Å². The minimum Gasteiger partial charge on any atom is -0.481 e. The van der Waals surface area contributed by atoms with Crippen molar-refractivity contribution in [1.82, 2.24) is 10.9 Å². The van der Waals surface area contributed by atoms with Crippen LogP contribution in [0.5, 0.6) is 5.75 Å². The summed E-state index contributed by atoms with van der Waals surface area (Å²) in [6.45, 7) is 2.33. The van der Waals surface area contributed by atoms with Gasteiger partial charge in [-0.25, -0.2) is 5.43 Å². The Bertz CT molecular complexity index is 528. The molecule has 0 aliphatic carbocycles. The second-order valence-corrected chi connectivity index (χ2v) is 4.82. The van der Waals surface area contributed by atoms with Crippen molar-refractivity contribution in [3.8, 4) is 18.1 Å². The van der Waals surface area contributed by atoms with Crippen LogP contribution in [0.1, 0.15) is 18.9 Å². The van der Waals surface area contributed by atoms with Crippen molar-refractivity contribution in [2.75, 3.05) is 6.61 Å². The Hall–Kier alpha value is -2.25. The number of benzene rings is 1. The molecular weight excluding hydrogens is 252 g/mol. The molecule has 1 fully saturated rings. The summed E-state index contributed by atoms with van der Waals surface area (Å²) in [4.78, 5) is 11.2. The van der Waals surface area contributed by atoms with Gasteiger partial charge in [-0.1, -0.05) is 37.1 Å². The molecule has 0 saturated carbocycles. The van der Waals surface area contributed by atoms with Crippen molar-refractivity contribution < 1.29 is 9.53 Å². The number of ether oxygens (including phenoxy) is 1. The average molecular weight is 270 g/mol. The molecule has 1 aromatic carbocycles. The van der Waals surface area contributed by atoms with Gasteiger partial charge in [-0.05, 0) is 23.6 Å². The topological polar surface area (TPSA) is 50.4 Å². The van der Waals surface area contributed by atoms with E-state index in [-0.39, 0.29) is 24.5 Å². The van der Waals surface area contributed by atoms with Crippen LogP contribution in [0.15, 0.2) is 30.3 Å². The third-order valence-corrected chi connectivity index (χ3v) is 3.20. The molecule has 4 nitrogen and oxygen atoms in total. The van der Waals surface area contributed by atoms with Gasteiger partial charge in [0.15, 0.2) is 0 Å². The Morgan fingerprint density at radius 1 is 1.45 bits per heavy atom. The van der Waals surface area contributed by atoms with Crippen LogP contribution in [0.4, 0.5) is 0 Å². The minimum absolute atomic E-state index is 0.0390. The van der Waals surface area contributed by atoms with E-state index < -0.39 is 0 Å². The van der Waals surface area contributed by atoms with Gasteiger partial charge < -0.3 is 4.74 Å². The van der Waals surface area contributed by atoms with E-state index in [4.69, 9.17) is 11.2 Å². The summed E-state index contributed by atoms with van der Waals surface area (Å²) in [7, 11) is 0. The van der Waals surface area contributed by atoms with E-state index in [0.29, 0.717) is 6.42 Å². The average Bonchev–Trinajstić information content (AvgIpc) is 2.45. The molecule has 1 heterocycles. The van der Waals surface area contributed by atoms with Crippen molar-refractivity contribution in [2.24, 2.45) is 5.92 Å². The number of rotatable bonds is 4. The summed E-state index contributed by atoms with van der Waals surface area (Å²) in [6.07, 6.45) is 9.76. The van der Waals surface area contributed by atoms with E-state index in [2.05, 4.69) is 29.8 Å². The summed E-state index contributed by atoms with van der Waals surface area (Å²) in [5.74, 6) is 3.50. The van der Waals surface area contributed by atoms with Crippen LogP contribution in [0.3, 0.4) is 0 Å². The quantitative estimate of drug-likeness (QED) is 0.819. The highest BCUT2D eigenvalue weighted by Gasteiger charge is 2.22. The van der Waals surface area contributed by atoms with E-state index in [0.717, 1.165) is 11.3 Å². The highest BCUT2D eigenvalue weighted by molar-refractivity contribution is 5.76. The van der Waals surface area contributed by atoms with Gasteiger partial charge in [0.05, 0.1) is 0 Å². The smallest absolute Gasteiger partial charge is 0.234 e. The Balaban J connectivity index is 1.94. The van der Waals surface area contributed by atoms with Crippen molar-refractivity contribution in [3.63, 3.8) is 0 Å². The van der Waals surface area contributed by atoms with Crippen LogP contribution in [-0.2, 0) is 4.79 Å². The lowest BCUT2D eigenvalue weighted by Crippen LogP contribution is -2.52. The molecule has 1 aliphatic rings. The van der Waals surface area contributed by atoms with E-state index in [1.54, 1.807) is 0 Å². The van der Waals surface area contributed by atoms with Gasteiger partial charge in [0.2, 0.25) is 5.91 Å². The molecule has 0 aromatic heterocycles. The summed E-state index contributed by atoms with van der Waals surface area (Å²) in [5.41, 5.74) is 6.72. The zero-order valence-corrected chi connectivity index (χ0v) is 11.4. The number of hydrogen-bond acceptors (Lipinski definition) is 3. The minimum atomic E-state index is 0.0390. The monoisotopic (exact) mass is 270 g/mol. The zero-order valence-electron chi connectivity index (χ0n) is 11.4. The fourth-order valence-electron chi connectivity index (χ4n) is 2.03. The zero-order chi connectivity index (χ0) is 14.4.